The number of thiazole rings is 1. The van der Waals surface area contributed by atoms with Crippen molar-refractivity contribution in [2.75, 3.05) is 12.4 Å². The van der Waals surface area contributed by atoms with Gasteiger partial charge in [0.2, 0.25) is 5.88 Å². The maximum absolute atomic E-state index is 5.06. The van der Waals surface area contributed by atoms with Crippen molar-refractivity contribution in [3.8, 4) is 5.88 Å². The van der Waals surface area contributed by atoms with Crippen molar-refractivity contribution in [1.82, 2.24) is 9.97 Å². The van der Waals surface area contributed by atoms with Gasteiger partial charge in [0.15, 0.2) is 0 Å². The van der Waals surface area contributed by atoms with Crippen LogP contribution in [0.4, 0.5) is 5.69 Å². The lowest BCUT2D eigenvalue weighted by molar-refractivity contribution is 0.398. The lowest BCUT2D eigenvalue weighted by atomic mass is 10.3. The van der Waals surface area contributed by atoms with E-state index in [1.165, 1.54) is 0 Å². The zero-order chi connectivity index (χ0) is 11.4. The monoisotopic (exact) mass is 235 g/mol. The van der Waals surface area contributed by atoms with E-state index in [0.717, 1.165) is 10.7 Å². The smallest absolute Gasteiger partial charge is 0.214 e. The Kier molecular flexibility index (Phi) is 3.36. The van der Waals surface area contributed by atoms with Gasteiger partial charge in [-0.25, -0.2) is 9.97 Å². The van der Waals surface area contributed by atoms with Gasteiger partial charge in [-0.05, 0) is 13.0 Å². The quantitative estimate of drug-likeness (QED) is 0.885. The van der Waals surface area contributed by atoms with Crippen LogP contribution in [-0.2, 0) is 0 Å². The van der Waals surface area contributed by atoms with Crippen LogP contribution in [0.3, 0.4) is 0 Å². The molecule has 2 rings (SSSR count). The van der Waals surface area contributed by atoms with Gasteiger partial charge < -0.3 is 10.1 Å². The molecule has 0 saturated heterocycles. The molecule has 1 N–H and O–H groups in total. The van der Waals surface area contributed by atoms with E-state index in [2.05, 4.69) is 22.2 Å². The average molecular weight is 235 g/mol. The van der Waals surface area contributed by atoms with Crippen molar-refractivity contribution in [2.24, 2.45) is 0 Å². The number of rotatable bonds is 4. The first kappa shape index (κ1) is 10.9. The highest BCUT2D eigenvalue weighted by Crippen LogP contribution is 2.22. The van der Waals surface area contributed by atoms with Gasteiger partial charge in [0.25, 0.3) is 0 Å². The molecule has 0 amide bonds. The summed E-state index contributed by atoms with van der Waals surface area (Å²) >= 11 is 1.64. The van der Waals surface area contributed by atoms with Crippen molar-refractivity contribution in [1.29, 1.82) is 0 Å². The number of pyridine rings is 1. The van der Waals surface area contributed by atoms with E-state index < -0.39 is 0 Å². The topological polar surface area (TPSA) is 47.0 Å². The van der Waals surface area contributed by atoms with Gasteiger partial charge in [-0.2, -0.15) is 0 Å². The van der Waals surface area contributed by atoms with Crippen LogP contribution in [0.25, 0.3) is 0 Å². The molecule has 2 aromatic rings. The zero-order valence-electron chi connectivity index (χ0n) is 9.18. The van der Waals surface area contributed by atoms with Gasteiger partial charge in [-0.3, -0.25) is 0 Å². The average Bonchev–Trinajstić information content (AvgIpc) is 2.83. The minimum absolute atomic E-state index is 0.187. The summed E-state index contributed by atoms with van der Waals surface area (Å²) in [6, 6.07) is 3.96. The summed E-state index contributed by atoms with van der Waals surface area (Å²) in [5.41, 5.74) is 0.981. The van der Waals surface area contributed by atoms with Crippen LogP contribution in [-0.4, -0.2) is 17.1 Å². The van der Waals surface area contributed by atoms with E-state index in [4.69, 9.17) is 4.74 Å². The summed E-state index contributed by atoms with van der Waals surface area (Å²) in [6.07, 6.45) is 3.53. The van der Waals surface area contributed by atoms with Crippen LogP contribution in [0.2, 0.25) is 0 Å². The summed E-state index contributed by atoms with van der Waals surface area (Å²) in [5.74, 6) is 0.608. The van der Waals surface area contributed by atoms with Crippen molar-refractivity contribution in [3.63, 3.8) is 0 Å². The molecule has 0 aromatic carbocycles. The van der Waals surface area contributed by atoms with E-state index in [-0.39, 0.29) is 6.04 Å². The Hall–Kier alpha value is -1.62. The maximum Gasteiger partial charge on any atom is 0.214 e. The molecule has 4 nitrogen and oxygen atoms in total. The lowest BCUT2D eigenvalue weighted by Gasteiger charge is -2.12. The Morgan fingerprint density at radius 1 is 1.38 bits per heavy atom. The van der Waals surface area contributed by atoms with Gasteiger partial charge in [-0.15, -0.1) is 11.3 Å². The van der Waals surface area contributed by atoms with Gasteiger partial charge in [0.05, 0.1) is 13.2 Å². The van der Waals surface area contributed by atoms with E-state index in [1.54, 1.807) is 24.6 Å². The Labute approximate surface area is 98.3 Å². The van der Waals surface area contributed by atoms with E-state index in [9.17, 15) is 0 Å². The second kappa shape index (κ2) is 4.94. The van der Waals surface area contributed by atoms with Crippen LogP contribution in [0.15, 0.2) is 29.9 Å². The predicted molar refractivity (Wildman–Crippen MR) is 64.9 cm³/mol. The largest absolute Gasteiger partial charge is 0.481 e. The van der Waals surface area contributed by atoms with Gasteiger partial charge in [0.1, 0.15) is 5.01 Å². The molecule has 0 bridgehead atoms. The van der Waals surface area contributed by atoms with Gasteiger partial charge >= 0.3 is 0 Å². The fraction of sp³-hybridized carbons (Fsp3) is 0.273. The first-order valence-electron chi connectivity index (χ1n) is 4.95. The predicted octanol–water partition coefficient (Wildman–Crippen LogP) is 2.72. The van der Waals surface area contributed by atoms with Gasteiger partial charge in [-0.1, -0.05) is 0 Å². The number of nitrogens with one attached hydrogen (secondary N) is 1. The standard InChI is InChI=1S/C11H13N3OS/c1-8(11-13-5-6-16-11)14-9-3-4-12-10(7-9)15-2/h3-8H,1-2H3,(H,12,14). The molecule has 0 spiro atoms. The molecular formula is C11H13N3OS. The third-order valence-corrected chi connectivity index (χ3v) is 3.11. The molecule has 0 radical (unpaired) electrons. The van der Waals surface area contributed by atoms with Crippen LogP contribution in [0.5, 0.6) is 5.88 Å². The van der Waals surface area contributed by atoms with Crippen LogP contribution in [0.1, 0.15) is 18.0 Å². The Bertz CT molecular complexity index is 444. The number of hydrogen-bond acceptors (Lipinski definition) is 5. The molecule has 2 heterocycles. The summed E-state index contributed by atoms with van der Waals surface area (Å²) < 4.78 is 5.06. The number of aromatic nitrogens is 2. The van der Waals surface area contributed by atoms with E-state index in [0.29, 0.717) is 5.88 Å². The molecule has 1 unspecified atom stereocenters. The Balaban J connectivity index is 2.08. The van der Waals surface area contributed by atoms with E-state index >= 15 is 0 Å². The normalized spacial score (nSPS) is 12.1. The highest BCUT2D eigenvalue weighted by atomic mass is 32.1. The molecule has 0 aliphatic heterocycles. The third kappa shape index (κ3) is 2.49. The number of methoxy groups -OCH3 is 1. The number of anilines is 1. The summed E-state index contributed by atoms with van der Waals surface area (Å²) in [4.78, 5) is 8.32. The molecule has 0 aliphatic rings. The molecule has 0 fully saturated rings. The number of hydrogen-bond donors (Lipinski definition) is 1. The SMILES string of the molecule is COc1cc(NC(C)c2nccs2)ccn1. The molecule has 2 aromatic heterocycles. The maximum atomic E-state index is 5.06. The van der Waals surface area contributed by atoms with Crippen LogP contribution < -0.4 is 10.1 Å². The molecule has 0 aliphatic carbocycles. The van der Waals surface area contributed by atoms with Crippen molar-refractivity contribution < 1.29 is 4.74 Å². The molecule has 84 valence electrons. The second-order valence-electron chi connectivity index (χ2n) is 3.32. The molecule has 1 atom stereocenters. The van der Waals surface area contributed by atoms with E-state index in [1.807, 2.05) is 23.7 Å². The minimum atomic E-state index is 0.187. The summed E-state index contributed by atoms with van der Waals surface area (Å²) in [6.45, 7) is 2.08. The molecule has 16 heavy (non-hydrogen) atoms. The zero-order valence-corrected chi connectivity index (χ0v) is 9.99. The van der Waals surface area contributed by atoms with Gasteiger partial charge in [0, 0.05) is 29.5 Å². The van der Waals surface area contributed by atoms with Crippen LogP contribution in [0, 0.1) is 0 Å². The third-order valence-electron chi connectivity index (χ3n) is 2.15. The number of ether oxygens (including phenoxy) is 1. The molecule has 0 saturated carbocycles. The summed E-state index contributed by atoms with van der Waals surface area (Å²) in [5, 5.41) is 6.39. The molecule has 5 heteroatoms. The fourth-order valence-corrected chi connectivity index (χ4v) is 2.02. The highest BCUT2D eigenvalue weighted by molar-refractivity contribution is 7.09. The fourth-order valence-electron chi connectivity index (χ4n) is 1.37. The summed E-state index contributed by atoms with van der Waals surface area (Å²) in [7, 11) is 1.61. The van der Waals surface area contributed by atoms with Crippen molar-refractivity contribution in [2.45, 2.75) is 13.0 Å². The molecular weight excluding hydrogens is 222 g/mol. The number of nitrogens with zero attached hydrogens (tertiary/aromatic N) is 2. The van der Waals surface area contributed by atoms with Crippen LogP contribution >= 0.6 is 11.3 Å². The first-order valence-corrected chi connectivity index (χ1v) is 5.83. The first-order chi connectivity index (χ1) is 7.79. The highest BCUT2D eigenvalue weighted by Gasteiger charge is 2.07. The minimum Gasteiger partial charge on any atom is -0.481 e. The Morgan fingerprint density at radius 2 is 2.25 bits per heavy atom. The van der Waals surface area contributed by atoms with Crippen molar-refractivity contribution in [3.05, 3.63) is 34.9 Å². The lowest BCUT2D eigenvalue weighted by Crippen LogP contribution is -2.06. The van der Waals surface area contributed by atoms with Crippen molar-refractivity contribution >= 4 is 17.0 Å². The Morgan fingerprint density at radius 3 is 2.94 bits per heavy atom. The second-order valence-corrected chi connectivity index (χ2v) is 4.25.